The maximum absolute atomic E-state index is 9.11. The molecule has 0 aromatic heterocycles. The quantitative estimate of drug-likeness (QED) is 0.866. The highest BCUT2D eigenvalue weighted by molar-refractivity contribution is 5.13. The summed E-state index contributed by atoms with van der Waals surface area (Å²) in [7, 11) is 0. The number of ether oxygens (including phenoxy) is 1. The van der Waals surface area contributed by atoms with Gasteiger partial charge in [0.2, 0.25) is 0 Å². The van der Waals surface area contributed by atoms with Crippen LogP contribution >= 0.6 is 0 Å². The smallest absolute Gasteiger partial charge is 0.112 e. The molecule has 2 aliphatic rings. The molecular weight excluding hydrogens is 238 g/mol. The van der Waals surface area contributed by atoms with E-state index in [-0.39, 0.29) is 12.1 Å². The Hall–Kier alpha value is -1.41. The summed E-state index contributed by atoms with van der Waals surface area (Å²) in [5.41, 5.74) is 7.51. The van der Waals surface area contributed by atoms with Crippen LogP contribution < -0.4 is 10.9 Å². The number of hydrazine groups is 1. The second-order valence-electron chi connectivity index (χ2n) is 5.40. The highest BCUT2D eigenvalue weighted by Gasteiger charge is 2.40. The maximum Gasteiger partial charge on any atom is 0.112 e. The minimum absolute atomic E-state index is 0.0758. The molecule has 0 bridgehead atoms. The monoisotopic (exact) mass is 257 g/mol. The van der Waals surface area contributed by atoms with Crippen molar-refractivity contribution in [2.75, 3.05) is 0 Å². The van der Waals surface area contributed by atoms with Crippen LogP contribution in [0.3, 0.4) is 0 Å². The summed E-state index contributed by atoms with van der Waals surface area (Å²) >= 11 is 0. The third-order valence-corrected chi connectivity index (χ3v) is 4.17. The summed E-state index contributed by atoms with van der Waals surface area (Å²) in [6.07, 6.45) is 3.39. The van der Waals surface area contributed by atoms with E-state index in [1.807, 2.05) is 18.2 Å². The van der Waals surface area contributed by atoms with Gasteiger partial charge in [0.05, 0.1) is 18.8 Å². The predicted molar refractivity (Wildman–Crippen MR) is 71.8 cm³/mol. The Labute approximate surface area is 113 Å². The normalized spacial score (nSPS) is 33.6. The van der Waals surface area contributed by atoms with Gasteiger partial charge in [0.25, 0.3) is 0 Å². The molecule has 19 heavy (non-hydrogen) atoms. The molecule has 4 unspecified atom stereocenters. The molecule has 1 aromatic carbocycles. The maximum atomic E-state index is 9.11. The average Bonchev–Trinajstić information content (AvgIpc) is 2.88. The Morgan fingerprint density at radius 1 is 1.21 bits per heavy atom. The van der Waals surface area contributed by atoms with Crippen LogP contribution in [0.2, 0.25) is 0 Å². The number of nitrogens with zero attached hydrogens (tertiary/aromatic N) is 1. The van der Waals surface area contributed by atoms with Crippen LogP contribution in [-0.2, 0) is 11.3 Å². The number of fused-ring (bicyclic) bond motifs is 1. The van der Waals surface area contributed by atoms with E-state index in [4.69, 9.17) is 10.00 Å². The van der Waals surface area contributed by atoms with Crippen LogP contribution in [0.1, 0.15) is 24.8 Å². The first-order valence-corrected chi connectivity index (χ1v) is 6.93. The van der Waals surface area contributed by atoms with E-state index < -0.39 is 0 Å². The Balaban J connectivity index is 1.54. The lowest BCUT2D eigenvalue weighted by molar-refractivity contribution is -0.000653. The Morgan fingerprint density at radius 3 is 2.84 bits per heavy atom. The topological polar surface area (TPSA) is 57.1 Å². The molecule has 1 saturated heterocycles. The third kappa shape index (κ3) is 2.79. The molecule has 2 fully saturated rings. The van der Waals surface area contributed by atoms with Crippen LogP contribution in [0.5, 0.6) is 0 Å². The van der Waals surface area contributed by atoms with Gasteiger partial charge in [-0.25, -0.2) is 5.43 Å². The molecule has 4 heteroatoms. The summed E-state index contributed by atoms with van der Waals surface area (Å²) in [6.45, 7) is 0.668. The van der Waals surface area contributed by atoms with E-state index in [9.17, 15) is 0 Å². The van der Waals surface area contributed by atoms with Crippen molar-refractivity contribution in [1.82, 2.24) is 10.9 Å². The molecule has 1 saturated carbocycles. The highest BCUT2D eigenvalue weighted by atomic mass is 16.5. The van der Waals surface area contributed by atoms with Gasteiger partial charge in [-0.3, -0.25) is 5.43 Å². The predicted octanol–water partition coefficient (Wildman–Crippen LogP) is 1.74. The summed E-state index contributed by atoms with van der Waals surface area (Å²) in [5.74, 6) is 0.375. The van der Waals surface area contributed by atoms with Gasteiger partial charge in [-0.05, 0) is 24.8 Å². The fourth-order valence-electron chi connectivity index (χ4n) is 3.08. The van der Waals surface area contributed by atoms with Crippen LogP contribution in [0.25, 0.3) is 0 Å². The zero-order valence-corrected chi connectivity index (χ0v) is 10.9. The fraction of sp³-hybridized carbons (Fsp3) is 0.533. The van der Waals surface area contributed by atoms with Gasteiger partial charge < -0.3 is 4.74 Å². The Morgan fingerprint density at radius 2 is 2.05 bits per heavy atom. The molecular formula is C15H19N3O. The number of benzene rings is 1. The van der Waals surface area contributed by atoms with Crippen LogP contribution in [0, 0.1) is 17.2 Å². The molecule has 0 spiro atoms. The summed E-state index contributed by atoms with van der Waals surface area (Å²) in [4.78, 5) is 0. The number of rotatable bonds is 3. The first-order chi connectivity index (χ1) is 9.36. The molecule has 1 aromatic rings. The third-order valence-electron chi connectivity index (χ3n) is 4.17. The van der Waals surface area contributed by atoms with E-state index in [0.717, 1.165) is 19.3 Å². The van der Waals surface area contributed by atoms with Gasteiger partial charge in [-0.2, -0.15) is 5.26 Å². The number of hydrogen-bond acceptors (Lipinski definition) is 4. The van der Waals surface area contributed by atoms with Gasteiger partial charge >= 0.3 is 0 Å². The Kier molecular flexibility index (Phi) is 3.79. The zero-order chi connectivity index (χ0) is 13.1. The lowest BCUT2D eigenvalue weighted by Crippen LogP contribution is -2.37. The average molecular weight is 257 g/mol. The van der Waals surface area contributed by atoms with Crippen molar-refractivity contribution in [2.45, 2.75) is 44.1 Å². The zero-order valence-electron chi connectivity index (χ0n) is 10.9. The van der Waals surface area contributed by atoms with Gasteiger partial charge in [0.1, 0.15) is 6.04 Å². The summed E-state index contributed by atoms with van der Waals surface area (Å²) < 4.78 is 6.01. The molecule has 4 atom stereocenters. The van der Waals surface area contributed by atoms with Crippen molar-refractivity contribution in [2.24, 2.45) is 5.92 Å². The van der Waals surface area contributed by atoms with Crippen molar-refractivity contribution >= 4 is 0 Å². The Bertz CT molecular complexity index is 456. The molecule has 4 nitrogen and oxygen atoms in total. The van der Waals surface area contributed by atoms with Crippen molar-refractivity contribution in [3.63, 3.8) is 0 Å². The summed E-state index contributed by atoms with van der Waals surface area (Å²) in [5, 5.41) is 9.11. The van der Waals surface area contributed by atoms with Gasteiger partial charge in [0.15, 0.2) is 0 Å². The fourth-order valence-corrected chi connectivity index (χ4v) is 3.08. The molecule has 100 valence electrons. The second-order valence-corrected chi connectivity index (χ2v) is 5.40. The van der Waals surface area contributed by atoms with E-state index in [2.05, 4.69) is 29.1 Å². The lowest BCUT2D eigenvalue weighted by atomic mass is 9.80. The van der Waals surface area contributed by atoms with E-state index in [1.54, 1.807) is 0 Å². The number of hydrogen-bond donors (Lipinski definition) is 2. The lowest BCUT2D eigenvalue weighted by Gasteiger charge is -2.31. The minimum atomic E-state index is -0.0758. The largest absolute Gasteiger partial charge is 0.374 e. The molecule has 1 aliphatic heterocycles. The molecule has 2 N–H and O–H groups in total. The number of nitrogens with one attached hydrogen (secondary N) is 2. The van der Waals surface area contributed by atoms with Gasteiger partial charge in [-0.1, -0.05) is 30.3 Å². The van der Waals surface area contributed by atoms with Crippen LogP contribution in [-0.4, -0.2) is 18.2 Å². The molecule has 3 rings (SSSR count). The van der Waals surface area contributed by atoms with Crippen LogP contribution in [0.4, 0.5) is 0 Å². The number of nitriles is 1. The highest BCUT2D eigenvalue weighted by Crippen LogP contribution is 2.32. The second kappa shape index (κ2) is 5.70. The van der Waals surface area contributed by atoms with Gasteiger partial charge in [-0.15, -0.1) is 0 Å². The first kappa shape index (κ1) is 12.6. The van der Waals surface area contributed by atoms with Crippen molar-refractivity contribution in [3.05, 3.63) is 35.9 Å². The summed E-state index contributed by atoms with van der Waals surface area (Å²) in [6, 6.07) is 12.9. The van der Waals surface area contributed by atoms with Crippen molar-refractivity contribution < 1.29 is 4.74 Å². The SMILES string of the molecule is N#CC1NNC2CCC(OCc3ccccc3)CC12. The molecule has 0 radical (unpaired) electrons. The minimum Gasteiger partial charge on any atom is -0.374 e. The molecule has 1 heterocycles. The molecule has 1 aliphatic carbocycles. The standard InChI is InChI=1S/C15H19N3O/c16-9-15-13-8-12(6-7-14(13)17-18-15)19-10-11-4-2-1-3-5-11/h1-5,12-15,17-18H,6-8,10H2. The van der Waals surface area contributed by atoms with E-state index >= 15 is 0 Å². The van der Waals surface area contributed by atoms with Crippen molar-refractivity contribution in [1.29, 1.82) is 5.26 Å². The van der Waals surface area contributed by atoms with E-state index in [0.29, 0.717) is 18.6 Å². The van der Waals surface area contributed by atoms with E-state index in [1.165, 1.54) is 5.56 Å². The van der Waals surface area contributed by atoms with Crippen LogP contribution in [0.15, 0.2) is 30.3 Å². The molecule has 0 amide bonds. The first-order valence-electron chi connectivity index (χ1n) is 6.93. The van der Waals surface area contributed by atoms with Crippen molar-refractivity contribution in [3.8, 4) is 6.07 Å². The van der Waals surface area contributed by atoms with Gasteiger partial charge in [0, 0.05) is 12.0 Å².